The van der Waals surface area contributed by atoms with Crippen molar-refractivity contribution in [2.24, 2.45) is 0 Å². The van der Waals surface area contributed by atoms with Gasteiger partial charge in [0.15, 0.2) is 9.84 Å². The van der Waals surface area contributed by atoms with Crippen molar-refractivity contribution >= 4 is 15.8 Å². The minimum absolute atomic E-state index is 0.178. The maximum Gasteiger partial charge on any atom is 0.338 e. The molecule has 0 heterocycles. The van der Waals surface area contributed by atoms with Gasteiger partial charge < -0.3 is 5.11 Å². The summed E-state index contributed by atoms with van der Waals surface area (Å²) in [5.41, 5.74) is -0.716. The van der Waals surface area contributed by atoms with Crippen molar-refractivity contribution in [1.82, 2.24) is 0 Å². The van der Waals surface area contributed by atoms with Crippen LogP contribution in [-0.4, -0.2) is 31.9 Å². The highest BCUT2D eigenvalue weighted by molar-refractivity contribution is 7.91. The Hall–Kier alpha value is -1.50. The Balaban J connectivity index is 3.16. The lowest BCUT2D eigenvalue weighted by Gasteiger charge is -2.04. The molecule has 17 heavy (non-hydrogen) atoms. The maximum atomic E-state index is 13.0. The molecule has 0 aliphatic carbocycles. The van der Waals surface area contributed by atoms with Crippen LogP contribution < -0.4 is 0 Å². The summed E-state index contributed by atoms with van der Waals surface area (Å²) in [5.74, 6) is -3.00. The van der Waals surface area contributed by atoms with Crippen LogP contribution in [0, 0.1) is 5.82 Å². The summed E-state index contributed by atoms with van der Waals surface area (Å²) in [7, 11) is -3.77. The van der Waals surface area contributed by atoms with Gasteiger partial charge in [0, 0.05) is 0 Å². The first-order chi connectivity index (χ1) is 7.88. The third-order valence-electron chi connectivity index (χ3n) is 2.07. The molecule has 1 N–H and O–H groups in total. The number of aromatic carboxylic acids is 1. The summed E-state index contributed by atoms with van der Waals surface area (Å²) in [6, 6.07) is 2.48. The highest BCUT2D eigenvalue weighted by atomic mass is 32.2. The normalized spacial score (nSPS) is 11.4. The van der Waals surface area contributed by atoms with Crippen LogP contribution in [-0.2, 0) is 9.84 Å². The molecule has 0 atom stereocenters. The molecule has 0 bridgehead atoms. The lowest BCUT2D eigenvalue weighted by atomic mass is 10.2. The number of alkyl halides is 1. The van der Waals surface area contributed by atoms with E-state index in [1.54, 1.807) is 0 Å². The zero-order valence-corrected chi connectivity index (χ0v) is 9.51. The predicted molar refractivity (Wildman–Crippen MR) is 56.0 cm³/mol. The summed E-state index contributed by atoms with van der Waals surface area (Å²) in [5, 5.41) is 8.64. The highest BCUT2D eigenvalue weighted by Gasteiger charge is 2.18. The summed E-state index contributed by atoms with van der Waals surface area (Å²) in [4.78, 5) is 10.3. The third kappa shape index (κ3) is 3.23. The minimum atomic E-state index is -3.77. The molecule has 0 aliphatic heterocycles. The topological polar surface area (TPSA) is 71.4 Å². The molecule has 0 amide bonds. The van der Waals surface area contributed by atoms with Gasteiger partial charge in [-0.1, -0.05) is 0 Å². The molecule has 7 heteroatoms. The average molecular weight is 264 g/mol. The first kappa shape index (κ1) is 13.6. The first-order valence-corrected chi connectivity index (χ1v) is 6.35. The fourth-order valence-corrected chi connectivity index (χ4v) is 2.52. The van der Waals surface area contributed by atoms with Crippen LogP contribution in [0.1, 0.15) is 16.8 Å². The van der Waals surface area contributed by atoms with Crippen LogP contribution >= 0.6 is 0 Å². The third-order valence-corrected chi connectivity index (χ3v) is 3.87. The number of halogens is 2. The number of carboxylic acids is 1. The monoisotopic (exact) mass is 264 g/mol. The van der Waals surface area contributed by atoms with Gasteiger partial charge in [-0.2, -0.15) is 0 Å². The number of carboxylic acid groups (broad SMARTS) is 1. The summed E-state index contributed by atoms with van der Waals surface area (Å²) in [6.07, 6.45) is -0.178. The molecule has 94 valence electrons. The summed E-state index contributed by atoms with van der Waals surface area (Å²) in [6.45, 7) is -0.786. The van der Waals surface area contributed by atoms with Gasteiger partial charge >= 0.3 is 5.97 Å². The van der Waals surface area contributed by atoms with Gasteiger partial charge in [-0.05, 0) is 24.6 Å². The van der Waals surface area contributed by atoms with Gasteiger partial charge in [0.05, 0.1) is 22.9 Å². The standard InChI is InChI=1S/C10H10F2O4S/c11-4-1-5-17(15,16)7-2-3-9(12)8(6-7)10(13)14/h2-3,6H,1,4-5H2,(H,13,14). The SMILES string of the molecule is O=C(O)c1cc(S(=O)(=O)CCCF)ccc1F. The van der Waals surface area contributed by atoms with Gasteiger partial charge in [-0.3, -0.25) is 4.39 Å². The van der Waals surface area contributed by atoms with Crippen molar-refractivity contribution in [3.63, 3.8) is 0 Å². The summed E-state index contributed by atoms with van der Waals surface area (Å²) >= 11 is 0. The second-order valence-electron chi connectivity index (χ2n) is 3.31. The van der Waals surface area contributed by atoms with Crippen molar-refractivity contribution in [2.45, 2.75) is 11.3 Å². The molecule has 1 aromatic carbocycles. The van der Waals surface area contributed by atoms with Crippen LogP contribution in [0.15, 0.2) is 23.1 Å². The van der Waals surface area contributed by atoms with E-state index in [4.69, 9.17) is 5.11 Å². The Bertz CT molecular complexity index is 525. The number of sulfone groups is 1. The number of benzene rings is 1. The first-order valence-electron chi connectivity index (χ1n) is 4.70. The predicted octanol–water partition coefficient (Wildman–Crippen LogP) is 1.66. The van der Waals surface area contributed by atoms with Crippen molar-refractivity contribution in [1.29, 1.82) is 0 Å². The molecule has 0 unspecified atom stereocenters. The van der Waals surface area contributed by atoms with Crippen LogP contribution in [0.5, 0.6) is 0 Å². The van der Waals surface area contributed by atoms with Crippen LogP contribution in [0.4, 0.5) is 8.78 Å². The smallest absolute Gasteiger partial charge is 0.338 e. The van der Waals surface area contributed by atoms with Gasteiger partial charge in [-0.15, -0.1) is 0 Å². The van der Waals surface area contributed by atoms with E-state index < -0.39 is 39.6 Å². The Morgan fingerprint density at radius 2 is 2.00 bits per heavy atom. The molecule has 0 saturated carbocycles. The highest BCUT2D eigenvalue weighted by Crippen LogP contribution is 2.17. The average Bonchev–Trinajstić information content (AvgIpc) is 2.26. The second kappa shape index (κ2) is 5.22. The largest absolute Gasteiger partial charge is 0.478 e. The van der Waals surface area contributed by atoms with E-state index in [9.17, 15) is 22.0 Å². The van der Waals surface area contributed by atoms with E-state index in [2.05, 4.69) is 0 Å². The van der Waals surface area contributed by atoms with Crippen LogP contribution in [0.2, 0.25) is 0 Å². The fourth-order valence-electron chi connectivity index (χ4n) is 1.22. The molecule has 1 aromatic rings. The van der Waals surface area contributed by atoms with E-state index in [0.29, 0.717) is 0 Å². The van der Waals surface area contributed by atoms with Crippen molar-refractivity contribution in [3.8, 4) is 0 Å². The Morgan fingerprint density at radius 1 is 1.35 bits per heavy atom. The Labute approximate surface area is 96.8 Å². The van der Waals surface area contributed by atoms with Crippen molar-refractivity contribution < 1.29 is 27.1 Å². The molecule has 0 aliphatic rings. The molecule has 0 spiro atoms. The quantitative estimate of drug-likeness (QED) is 0.821. The summed E-state index contributed by atoms with van der Waals surface area (Å²) < 4.78 is 48.1. The zero-order chi connectivity index (χ0) is 13.1. The van der Waals surface area contributed by atoms with Crippen LogP contribution in [0.3, 0.4) is 0 Å². The lowest BCUT2D eigenvalue weighted by Crippen LogP contribution is -2.10. The molecule has 0 radical (unpaired) electrons. The maximum absolute atomic E-state index is 13.0. The number of hydrogen-bond acceptors (Lipinski definition) is 3. The minimum Gasteiger partial charge on any atom is -0.478 e. The number of carbonyl (C=O) groups is 1. The molecule has 4 nitrogen and oxygen atoms in total. The number of hydrogen-bond donors (Lipinski definition) is 1. The Morgan fingerprint density at radius 3 is 2.53 bits per heavy atom. The fraction of sp³-hybridized carbons (Fsp3) is 0.300. The van der Waals surface area contributed by atoms with Gasteiger partial charge in [-0.25, -0.2) is 17.6 Å². The van der Waals surface area contributed by atoms with Crippen molar-refractivity contribution in [3.05, 3.63) is 29.6 Å². The van der Waals surface area contributed by atoms with E-state index in [0.717, 1.165) is 18.2 Å². The van der Waals surface area contributed by atoms with E-state index in [1.165, 1.54) is 0 Å². The molecule has 0 fully saturated rings. The molecule has 0 aromatic heterocycles. The van der Waals surface area contributed by atoms with Crippen molar-refractivity contribution in [2.75, 3.05) is 12.4 Å². The van der Waals surface area contributed by atoms with E-state index in [-0.39, 0.29) is 11.3 Å². The Kier molecular flexibility index (Phi) is 4.17. The lowest BCUT2D eigenvalue weighted by molar-refractivity contribution is 0.0691. The van der Waals surface area contributed by atoms with Gasteiger partial charge in [0.1, 0.15) is 5.82 Å². The molecule has 0 saturated heterocycles. The van der Waals surface area contributed by atoms with Gasteiger partial charge in [0.2, 0.25) is 0 Å². The number of rotatable bonds is 5. The molecular formula is C10H10F2O4S. The zero-order valence-electron chi connectivity index (χ0n) is 8.69. The van der Waals surface area contributed by atoms with E-state index >= 15 is 0 Å². The van der Waals surface area contributed by atoms with E-state index in [1.807, 2.05) is 0 Å². The van der Waals surface area contributed by atoms with Crippen LogP contribution in [0.25, 0.3) is 0 Å². The second-order valence-corrected chi connectivity index (χ2v) is 5.42. The molecule has 1 rings (SSSR count). The van der Waals surface area contributed by atoms with Gasteiger partial charge in [0.25, 0.3) is 0 Å². The molecular weight excluding hydrogens is 254 g/mol.